The number of hydrogen-bond donors (Lipinski definition) is 1. The Balaban J connectivity index is 1.45. The number of carbonyl (C=O) groups is 1. The first kappa shape index (κ1) is 17.5. The zero-order valence-electron chi connectivity index (χ0n) is 15.2. The number of hydrogen-bond acceptors (Lipinski definition) is 3. The summed E-state index contributed by atoms with van der Waals surface area (Å²) in [5, 5.41) is 7.21. The number of nitrogens with one attached hydrogen (secondary N) is 1. The second kappa shape index (κ2) is 8.22. The normalized spacial score (nSPS) is 10.4. The molecule has 5 heteroatoms. The van der Waals surface area contributed by atoms with Crippen molar-refractivity contribution >= 4 is 11.6 Å². The fourth-order valence-corrected chi connectivity index (χ4v) is 2.84. The average Bonchev–Trinajstić information content (AvgIpc) is 3.24. The molecule has 0 radical (unpaired) electrons. The van der Waals surface area contributed by atoms with Crippen LogP contribution < -0.4 is 10.1 Å². The number of carbonyl (C=O) groups excluding carboxylic acids is 1. The van der Waals surface area contributed by atoms with E-state index >= 15 is 0 Å². The molecular weight excluding hydrogens is 350 g/mol. The number of aromatic nitrogens is 2. The Hall–Kier alpha value is -3.86. The minimum atomic E-state index is -0.167. The van der Waals surface area contributed by atoms with E-state index in [9.17, 15) is 4.79 Å². The van der Waals surface area contributed by atoms with Crippen molar-refractivity contribution in [3.05, 3.63) is 108 Å². The van der Waals surface area contributed by atoms with Crippen molar-refractivity contribution in [2.45, 2.75) is 6.54 Å². The van der Waals surface area contributed by atoms with Crippen molar-refractivity contribution < 1.29 is 9.53 Å². The number of amides is 1. The van der Waals surface area contributed by atoms with Gasteiger partial charge in [-0.15, -0.1) is 0 Å². The molecule has 3 aromatic carbocycles. The van der Waals surface area contributed by atoms with Gasteiger partial charge in [0.15, 0.2) is 0 Å². The number of benzene rings is 3. The molecule has 0 atom stereocenters. The van der Waals surface area contributed by atoms with Crippen molar-refractivity contribution in [3.63, 3.8) is 0 Å². The van der Waals surface area contributed by atoms with Crippen LogP contribution >= 0.6 is 0 Å². The highest BCUT2D eigenvalue weighted by molar-refractivity contribution is 6.04. The van der Waals surface area contributed by atoms with E-state index in [0.29, 0.717) is 17.9 Å². The van der Waals surface area contributed by atoms with E-state index in [0.717, 1.165) is 17.0 Å². The Kier molecular flexibility index (Phi) is 5.15. The van der Waals surface area contributed by atoms with E-state index in [4.69, 9.17) is 4.74 Å². The van der Waals surface area contributed by atoms with Crippen LogP contribution in [-0.4, -0.2) is 15.7 Å². The molecule has 0 saturated carbocycles. The van der Waals surface area contributed by atoms with Crippen LogP contribution in [0.4, 0.5) is 5.69 Å². The molecule has 0 aliphatic heterocycles. The second-order valence-electron chi connectivity index (χ2n) is 6.25. The van der Waals surface area contributed by atoms with E-state index in [2.05, 4.69) is 10.4 Å². The third-order valence-corrected chi connectivity index (χ3v) is 4.25. The van der Waals surface area contributed by atoms with Crippen LogP contribution in [0.3, 0.4) is 0 Å². The minimum Gasteiger partial charge on any atom is -0.457 e. The molecule has 0 unspecified atom stereocenters. The van der Waals surface area contributed by atoms with Crippen LogP contribution in [0.15, 0.2) is 97.3 Å². The second-order valence-corrected chi connectivity index (χ2v) is 6.25. The van der Waals surface area contributed by atoms with Gasteiger partial charge in [-0.25, -0.2) is 0 Å². The molecule has 0 saturated heterocycles. The number of ether oxygens (including phenoxy) is 1. The summed E-state index contributed by atoms with van der Waals surface area (Å²) >= 11 is 0. The van der Waals surface area contributed by atoms with E-state index in [1.54, 1.807) is 30.5 Å². The minimum absolute atomic E-state index is 0.167. The predicted molar refractivity (Wildman–Crippen MR) is 109 cm³/mol. The van der Waals surface area contributed by atoms with Crippen LogP contribution in [-0.2, 0) is 6.54 Å². The lowest BCUT2D eigenvalue weighted by Crippen LogP contribution is -2.14. The van der Waals surface area contributed by atoms with Crippen molar-refractivity contribution in [3.8, 4) is 11.5 Å². The van der Waals surface area contributed by atoms with Crippen LogP contribution in [0.1, 0.15) is 15.9 Å². The van der Waals surface area contributed by atoms with Gasteiger partial charge in [-0.3, -0.25) is 9.48 Å². The highest BCUT2D eigenvalue weighted by Crippen LogP contribution is 2.22. The molecule has 0 spiro atoms. The van der Waals surface area contributed by atoms with E-state index in [1.807, 2.05) is 71.5 Å². The molecule has 28 heavy (non-hydrogen) atoms. The topological polar surface area (TPSA) is 56.2 Å². The summed E-state index contributed by atoms with van der Waals surface area (Å²) < 4.78 is 7.59. The number of nitrogens with zero attached hydrogens (tertiary/aromatic N) is 2. The molecule has 1 aromatic heterocycles. The van der Waals surface area contributed by atoms with Gasteiger partial charge in [-0.05, 0) is 54.1 Å². The van der Waals surface area contributed by atoms with Crippen LogP contribution in [0.5, 0.6) is 11.5 Å². The number of rotatable bonds is 6. The SMILES string of the molecule is O=C(Nc1ccccc1Cn1cccn1)c1ccc(Oc2ccccc2)cc1. The average molecular weight is 369 g/mol. The highest BCUT2D eigenvalue weighted by Gasteiger charge is 2.10. The molecule has 0 aliphatic rings. The lowest BCUT2D eigenvalue weighted by Gasteiger charge is -2.12. The summed E-state index contributed by atoms with van der Waals surface area (Å²) in [7, 11) is 0. The fraction of sp³-hybridized carbons (Fsp3) is 0.0435. The number of anilines is 1. The Morgan fingerprint density at radius 2 is 1.57 bits per heavy atom. The molecule has 4 rings (SSSR count). The largest absolute Gasteiger partial charge is 0.457 e. The van der Waals surface area contributed by atoms with Crippen molar-refractivity contribution in [1.29, 1.82) is 0 Å². The molecule has 4 aromatic rings. The molecule has 0 bridgehead atoms. The summed E-state index contributed by atoms with van der Waals surface area (Å²) in [5.74, 6) is 1.27. The first-order valence-electron chi connectivity index (χ1n) is 8.97. The predicted octanol–water partition coefficient (Wildman–Crippen LogP) is 4.98. The third kappa shape index (κ3) is 4.27. The Labute approximate surface area is 163 Å². The van der Waals surface area contributed by atoms with Gasteiger partial charge in [0.1, 0.15) is 11.5 Å². The molecule has 0 fully saturated rings. The first-order valence-corrected chi connectivity index (χ1v) is 8.97. The van der Waals surface area contributed by atoms with Gasteiger partial charge < -0.3 is 10.1 Å². The van der Waals surface area contributed by atoms with Gasteiger partial charge in [-0.2, -0.15) is 5.10 Å². The molecule has 1 heterocycles. The van der Waals surface area contributed by atoms with Gasteiger partial charge >= 0.3 is 0 Å². The molecular formula is C23H19N3O2. The zero-order valence-corrected chi connectivity index (χ0v) is 15.2. The summed E-state index contributed by atoms with van der Waals surface area (Å²) in [6.07, 6.45) is 3.63. The number of para-hydroxylation sites is 2. The quantitative estimate of drug-likeness (QED) is 0.522. The Morgan fingerprint density at radius 1 is 0.857 bits per heavy atom. The molecule has 5 nitrogen and oxygen atoms in total. The standard InChI is InChI=1S/C23H19N3O2/c27-23(18-11-13-21(14-12-18)28-20-8-2-1-3-9-20)25-22-10-5-4-7-19(22)17-26-16-6-15-24-26/h1-16H,17H2,(H,25,27). The summed E-state index contributed by atoms with van der Waals surface area (Å²) in [4.78, 5) is 12.7. The lowest BCUT2D eigenvalue weighted by atomic mass is 10.1. The van der Waals surface area contributed by atoms with Crippen LogP contribution in [0.2, 0.25) is 0 Å². The van der Waals surface area contributed by atoms with Gasteiger partial charge in [0, 0.05) is 23.6 Å². The molecule has 138 valence electrons. The van der Waals surface area contributed by atoms with Gasteiger partial charge in [-0.1, -0.05) is 36.4 Å². The van der Waals surface area contributed by atoms with Crippen molar-refractivity contribution in [1.82, 2.24) is 9.78 Å². The maximum Gasteiger partial charge on any atom is 0.255 e. The van der Waals surface area contributed by atoms with E-state index in [1.165, 1.54) is 0 Å². The first-order chi connectivity index (χ1) is 13.8. The van der Waals surface area contributed by atoms with Gasteiger partial charge in [0.05, 0.1) is 6.54 Å². The summed E-state index contributed by atoms with van der Waals surface area (Å²) in [6.45, 7) is 0.591. The zero-order chi connectivity index (χ0) is 19.2. The molecule has 0 aliphatic carbocycles. The Bertz CT molecular complexity index is 1040. The fourth-order valence-electron chi connectivity index (χ4n) is 2.84. The maximum absolute atomic E-state index is 12.7. The molecule has 1 amide bonds. The van der Waals surface area contributed by atoms with Crippen molar-refractivity contribution in [2.75, 3.05) is 5.32 Å². The van der Waals surface area contributed by atoms with Crippen LogP contribution in [0, 0.1) is 0 Å². The summed E-state index contributed by atoms with van der Waals surface area (Å²) in [5.41, 5.74) is 2.32. The van der Waals surface area contributed by atoms with Gasteiger partial charge in [0.25, 0.3) is 5.91 Å². The van der Waals surface area contributed by atoms with E-state index < -0.39 is 0 Å². The highest BCUT2D eigenvalue weighted by atomic mass is 16.5. The Morgan fingerprint density at radius 3 is 2.32 bits per heavy atom. The van der Waals surface area contributed by atoms with E-state index in [-0.39, 0.29) is 5.91 Å². The lowest BCUT2D eigenvalue weighted by molar-refractivity contribution is 0.102. The smallest absolute Gasteiger partial charge is 0.255 e. The maximum atomic E-state index is 12.7. The van der Waals surface area contributed by atoms with Crippen LogP contribution in [0.25, 0.3) is 0 Å². The van der Waals surface area contributed by atoms with Gasteiger partial charge in [0.2, 0.25) is 0 Å². The molecule has 1 N–H and O–H groups in total. The van der Waals surface area contributed by atoms with Crippen molar-refractivity contribution in [2.24, 2.45) is 0 Å². The monoisotopic (exact) mass is 369 g/mol. The third-order valence-electron chi connectivity index (χ3n) is 4.25. The summed E-state index contributed by atoms with van der Waals surface area (Å²) in [6, 6.07) is 26.2.